The number of nitrogens with zero attached hydrogens (tertiary/aromatic N) is 1. The lowest BCUT2D eigenvalue weighted by Gasteiger charge is -2.22. The van der Waals surface area contributed by atoms with Gasteiger partial charge in [-0.05, 0) is 24.2 Å². The molecule has 0 heterocycles. The summed E-state index contributed by atoms with van der Waals surface area (Å²) in [7, 11) is -2.12. The van der Waals surface area contributed by atoms with Crippen LogP contribution in [0.2, 0.25) is 0 Å². The Morgan fingerprint density at radius 1 is 0.857 bits per heavy atom. The van der Waals surface area contributed by atoms with Gasteiger partial charge in [0.05, 0.1) is 12.3 Å². The third kappa shape index (κ3) is 4.68. The molecule has 3 nitrogen and oxygen atoms in total. The van der Waals surface area contributed by atoms with E-state index in [4.69, 9.17) is 9.48 Å². The van der Waals surface area contributed by atoms with E-state index in [2.05, 4.69) is 30.9 Å². The quantitative estimate of drug-likeness (QED) is 0.335. The molecule has 0 atom stereocenters. The molecule has 28 heavy (non-hydrogen) atoms. The molecule has 0 radical (unpaired) electrons. The summed E-state index contributed by atoms with van der Waals surface area (Å²) in [5.41, 5.74) is 1.54. The summed E-state index contributed by atoms with van der Waals surface area (Å²) in [6.45, 7) is 4.32. The van der Waals surface area contributed by atoms with Crippen LogP contribution in [-0.2, 0) is 9.53 Å². The summed E-state index contributed by atoms with van der Waals surface area (Å²) in [6.07, 6.45) is 1.50. The van der Waals surface area contributed by atoms with Crippen LogP contribution in [0.3, 0.4) is 0 Å². The minimum absolute atomic E-state index is 0.335. The largest absolute Gasteiger partial charge is 0.463 e. The number of benzene rings is 3. The van der Waals surface area contributed by atoms with Gasteiger partial charge in [-0.15, -0.1) is 0 Å². The van der Waals surface area contributed by atoms with Crippen LogP contribution in [0.15, 0.2) is 102 Å². The zero-order valence-electron chi connectivity index (χ0n) is 16.2. The first kappa shape index (κ1) is 19.9. The molecule has 0 fully saturated rings. The molecule has 3 aromatic carbocycles. The van der Waals surface area contributed by atoms with Crippen molar-refractivity contribution in [2.75, 3.05) is 13.3 Å². The fourth-order valence-electron chi connectivity index (χ4n) is 2.99. The van der Waals surface area contributed by atoms with E-state index in [1.54, 1.807) is 6.92 Å². The Hall–Kier alpha value is -2.90. The number of hydrogen-bond acceptors (Lipinski definition) is 3. The van der Waals surface area contributed by atoms with Gasteiger partial charge >= 0.3 is 5.97 Å². The molecule has 0 saturated heterocycles. The van der Waals surface area contributed by atoms with Gasteiger partial charge in [-0.2, -0.15) is 0 Å². The fourth-order valence-corrected chi connectivity index (χ4v) is 5.63. The first-order valence-corrected chi connectivity index (χ1v) is 11.5. The van der Waals surface area contributed by atoms with E-state index >= 15 is 0 Å². The van der Waals surface area contributed by atoms with Gasteiger partial charge in [0, 0.05) is 18.7 Å². The Labute approximate surface area is 166 Å². The Balaban J connectivity index is 2.25. The highest BCUT2D eigenvalue weighted by Gasteiger charge is 2.20. The number of carbonyl (C=O) groups is 1. The molecule has 0 aromatic heterocycles. The zero-order chi connectivity index (χ0) is 19.8. The molecule has 0 unspecified atom stereocenters. The maximum Gasteiger partial charge on any atom is 0.332 e. The van der Waals surface area contributed by atoms with Crippen molar-refractivity contribution in [3.05, 3.63) is 103 Å². The average molecular weight is 389 g/mol. The Morgan fingerprint density at radius 2 is 1.32 bits per heavy atom. The van der Waals surface area contributed by atoms with Crippen molar-refractivity contribution in [2.45, 2.75) is 6.92 Å². The van der Waals surface area contributed by atoms with E-state index in [9.17, 15) is 4.79 Å². The van der Waals surface area contributed by atoms with Crippen LogP contribution in [0, 0.1) is 0 Å². The second kappa shape index (κ2) is 9.34. The van der Waals surface area contributed by atoms with Crippen molar-refractivity contribution in [1.29, 1.82) is 0 Å². The van der Waals surface area contributed by atoms with Crippen LogP contribution >= 0.6 is 7.05 Å². The number of carbonyl (C=O) groups excluding carboxylic acids is 1. The highest BCUT2D eigenvalue weighted by molar-refractivity contribution is 7.80. The predicted octanol–water partition coefficient (Wildman–Crippen LogP) is 5.07. The summed E-state index contributed by atoms with van der Waals surface area (Å²) in [4.78, 5) is 12.2. The highest BCUT2D eigenvalue weighted by atomic mass is 31.2. The van der Waals surface area contributed by atoms with E-state index in [1.165, 1.54) is 6.08 Å². The maximum absolute atomic E-state index is 12.2. The fraction of sp³-hybridized carbons (Fsp3) is 0.125. The van der Waals surface area contributed by atoms with Crippen LogP contribution in [0.25, 0.3) is 5.70 Å². The van der Waals surface area contributed by atoms with Crippen LogP contribution in [0.5, 0.6) is 0 Å². The molecule has 3 rings (SSSR count). The van der Waals surface area contributed by atoms with Gasteiger partial charge in [-0.1, -0.05) is 91.0 Å². The topological polar surface area (TPSA) is 38.7 Å². The minimum atomic E-state index is -2.12. The SMILES string of the molecule is CCOC(=O)/C=C(/N=P(C)(c1ccccc1)c1ccccc1)c1ccccc1. The molecular formula is C24H24NO2P. The zero-order valence-corrected chi connectivity index (χ0v) is 17.1. The molecule has 142 valence electrons. The molecular weight excluding hydrogens is 365 g/mol. The minimum Gasteiger partial charge on any atom is -0.463 e. The molecule has 0 aliphatic heterocycles. The van der Waals surface area contributed by atoms with Crippen LogP contribution in [0.4, 0.5) is 0 Å². The lowest BCUT2D eigenvalue weighted by molar-refractivity contribution is -0.137. The van der Waals surface area contributed by atoms with E-state index in [1.807, 2.05) is 66.7 Å². The van der Waals surface area contributed by atoms with E-state index in [0.29, 0.717) is 12.3 Å². The number of esters is 1. The van der Waals surface area contributed by atoms with Gasteiger partial charge in [0.2, 0.25) is 0 Å². The van der Waals surface area contributed by atoms with Gasteiger partial charge in [0.25, 0.3) is 0 Å². The summed E-state index contributed by atoms with van der Waals surface area (Å²) >= 11 is 0. The van der Waals surface area contributed by atoms with Gasteiger partial charge in [0.15, 0.2) is 0 Å². The van der Waals surface area contributed by atoms with Gasteiger partial charge < -0.3 is 4.74 Å². The van der Waals surface area contributed by atoms with E-state index in [-0.39, 0.29) is 5.97 Å². The van der Waals surface area contributed by atoms with Crippen molar-refractivity contribution in [1.82, 2.24) is 0 Å². The Morgan fingerprint density at radius 3 is 1.79 bits per heavy atom. The smallest absolute Gasteiger partial charge is 0.332 e. The van der Waals surface area contributed by atoms with Crippen molar-refractivity contribution in [3.63, 3.8) is 0 Å². The van der Waals surface area contributed by atoms with E-state index in [0.717, 1.165) is 16.2 Å². The summed E-state index contributed by atoms with van der Waals surface area (Å²) < 4.78 is 10.4. The average Bonchev–Trinajstić information content (AvgIpc) is 2.75. The molecule has 3 aromatic rings. The first-order chi connectivity index (χ1) is 13.6. The third-order valence-electron chi connectivity index (χ3n) is 4.44. The molecule has 0 bridgehead atoms. The van der Waals surface area contributed by atoms with Crippen molar-refractivity contribution in [3.8, 4) is 0 Å². The Bertz CT molecular complexity index is 953. The third-order valence-corrected chi connectivity index (χ3v) is 7.66. The lowest BCUT2D eigenvalue weighted by Crippen LogP contribution is -2.15. The van der Waals surface area contributed by atoms with Crippen molar-refractivity contribution in [2.24, 2.45) is 4.74 Å². The summed E-state index contributed by atoms with van der Waals surface area (Å²) in [6, 6.07) is 30.4. The molecule has 4 heteroatoms. The normalized spacial score (nSPS) is 11.7. The number of ether oxygens (including phenoxy) is 1. The van der Waals surface area contributed by atoms with Crippen molar-refractivity contribution < 1.29 is 9.53 Å². The Kier molecular flexibility index (Phi) is 6.62. The molecule has 0 aliphatic rings. The van der Waals surface area contributed by atoms with Gasteiger partial charge in [0.1, 0.15) is 0 Å². The van der Waals surface area contributed by atoms with Gasteiger partial charge in [-0.25, -0.2) is 4.79 Å². The first-order valence-electron chi connectivity index (χ1n) is 9.28. The second-order valence-electron chi connectivity index (χ2n) is 6.38. The molecule has 0 amide bonds. The standard InChI is InChI=1S/C24H24NO2P/c1-3-27-24(26)19-23(20-13-7-4-8-14-20)25-28(2,21-15-9-5-10-16-21)22-17-11-6-12-18-22/h4-19H,3H2,1-2H3/b23-19+. The van der Waals surface area contributed by atoms with Crippen molar-refractivity contribution >= 4 is 29.3 Å². The van der Waals surface area contributed by atoms with Crippen LogP contribution < -0.4 is 10.6 Å². The lowest BCUT2D eigenvalue weighted by atomic mass is 10.1. The monoisotopic (exact) mass is 389 g/mol. The van der Waals surface area contributed by atoms with Crippen LogP contribution in [-0.4, -0.2) is 19.2 Å². The number of hydrogen-bond donors (Lipinski definition) is 0. The molecule has 0 aliphatic carbocycles. The highest BCUT2D eigenvalue weighted by Crippen LogP contribution is 2.46. The van der Waals surface area contributed by atoms with Gasteiger partial charge in [-0.3, -0.25) is 4.74 Å². The predicted molar refractivity (Wildman–Crippen MR) is 118 cm³/mol. The second-order valence-corrected chi connectivity index (χ2v) is 9.53. The van der Waals surface area contributed by atoms with Crippen LogP contribution in [0.1, 0.15) is 12.5 Å². The maximum atomic E-state index is 12.2. The summed E-state index contributed by atoms with van der Waals surface area (Å²) in [5, 5.41) is 2.32. The van der Waals surface area contributed by atoms with E-state index < -0.39 is 7.05 Å². The number of rotatable bonds is 6. The molecule has 0 spiro atoms. The molecule has 0 saturated carbocycles. The summed E-state index contributed by atoms with van der Waals surface area (Å²) in [5.74, 6) is -0.377. The molecule has 0 N–H and O–H groups in total.